The average molecular weight is 374 g/mol. The van der Waals surface area contributed by atoms with Crippen molar-refractivity contribution in [1.29, 1.82) is 0 Å². The maximum atomic E-state index is 12.6. The summed E-state index contributed by atoms with van der Waals surface area (Å²) >= 11 is 0. The van der Waals surface area contributed by atoms with E-state index < -0.39 is 6.23 Å². The number of benzene rings is 1. The predicted octanol–water partition coefficient (Wildman–Crippen LogP) is 5.85. The molecule has 1 aromatic carbocycles. The van der Waals surface area contributed by atoms with Gasteiger partial charge in [0.2, 0.25) is 6.23 Å². The number of methoxy groups -OCH3 is 1. The van der Waals surface area contributed by atoms with Gasteiger partial charge in [-0.15, -0.1) is 5.10 Å². The minimum atomic E-state index is -0.680. The molecule has 0 spiro atoms. The Morgan fingerprint density at radius 3 is 2.19 bits per heavy atom. The molecule has 1 heterocycles. The van der Waals surface area contributed by atoms with E-state index in [1.54, 1.807) is 11.8 Å². The Morgan fingerprint density at radius 2 is 1.56 bits per heavy atom. The highest BCUT2D eigenvalue weighted by atomic mass is 16.5. The van der Waals surface area contributed by atoms with Gasteiger partial charge in [-0.05, 0) is 18.6 Å². The Balaban J connectivity index is 1.62. The molecule has 0 saturated carbocycles. The first-order chi connectivity index (χ1) is 13.3. The Bertz CT molecular complexity index is 668. The van der Waals surface area contributed by atoms with E-state index in [-0.39, 0.29) is 5.78 Å². The van der Waals surface area contributed by atoms with Crippen molar-refractivity contribution in [3.05, 3.63) is 24.3 Å². The van der Waals surface area contributed by atoms with Crippen molar-refractivity contribution in [3.63, 3.8) is 0 Å². The number of fused-ring (bicyclic) bond motifs is 1. The number of ether oxygens (including phenoxy) is 1. The molecule has 150 valence electrons. The van der Waals surface area contributed by atoms with Crippen molar-refractivity contribution in [2.75, 3.05) is 7.11 Å². The number of aromatic nitrogens is 3. The molecule has 5 heteroatoms. The van der Waals surface area contributed by atoms with E-state index in [1.807, 2.05) is 24.3 Å². The van der Waals surface area contributed by atoms with Gasteiger partial charge in [-0.3, -0.25) is 4.79 Å². The molecule has 5 nitrogen and oxygen atoms in total. The maximum Gasteiger partial charge on any atom is 0.211 e. The van der Waals surface area contributed by atoms with E-state index in [1.165, 1.54) is 57.8 Å². The van der Waals surface area contributed by atoms with Crippen molar-refractivity contribution < 1.29 is 9.53 Å². The normalized spacial score (nSPS) is 12.5. The summed E-state index contributed by atoms with van der Waals surface area (Å²) in [5, 5.41) is 8.23. The summed E-state index contributed by atoms with van der Waals surface area (Å²) in [5.41, 5.74) is 1.61. The Morgan fingerprint density at radius 1 is 0.963 bits per heavy atom. The topological polar surface area (TPSA) is 57.0 Å². The lowest BCUT2D eigenvalue weighted by Crippen LogP contribution is -2.22. The number of para-hydroxylation sites is 1. The summed E-state index contributed by atoms with van der Waals surface area (Å²) < 4.78 is 7.02. The minimum absolute atomic E-state index is 0.0732. The van der Waals surface area contributed by atoms with Gasteiger partial charge in [0.25, 0.3) is 0 Å². The van der Waals surface area contributed by atoms with Crippen LogP contribution >= 0.6 is 0 Å². The SMILES string of the molecule is CCCCCCCCCCCCCC(=O)C(OC)n1nnc2ccccc21. The van der Waals surface area contributed by atoms with E-state index in [0.717, 1.165) is 23.9 Å². The van der Waals surface area contributed by atoms with E-state index in [9.17, 15) is 4.79 Å². The molecule has 0 radical (unpaired) electrons. The second kappa shape index (κ2) is 12.6. The van der Waals surface area contributed by atoms with Gasteiger partial charge in [0, 0.05) is 13.5 Å². The summed E-state index contributed by atoms with van der Waals surface area (Å²) in [6, 6.07) is 7.64. The van der Waals surface area contributed by atoms with Crippen LogP contribution in [0.2, 0.25) is 0 Å². The lowest BCUT2D eigenvalue weighted by atomic mass is 10.0. The fraction of sp³-hybridized carbons (Fsp3) is 0.682. The lowest BCUT2D eigenvalue weighted by Gasteiger charge is -2.14. The highest BCUT2D eigenvalue weighted by molar-refractivity contribution is 5.83. The van der Waals surface area contributed by atoms with Crippen LogP contribution in [0.4, 0.5) is 0 Å². The molecule has 1 unspecified atom stereocenters. The molecule has 1 atom stereocenters. The number of unbranched alkanes of at least 4 members (excludes halogenated alkanes) is 10. The van der Waals surface area contributed by atoms with Crippen molar-refractivity contribution in [1.82, 2.24) is 15.0 Å². The van der Waals surface area contributed by atoms with Crippen molar-refractivity contribution >= 4 is 16.8 Å². The third-order valence-electron chi connectivity index (χ3n) is 5.12. The number of Topliss-reactive ketones (excluding diaryl/α,β-unsaturated/α-hetero) is 1. The second-order valence-electron chi connectivity index (χ2n) is 7.36. The molecule has 27 heavy (non-hydrogen) atoms. The number of nitrogens with zero attached hydrogens (tertiary/aromatic N) is 3. The zero-order valence-corrected chi connectivity index (χ0v) is 17.0. The van der Waals surface area contributed by atoms with Crippen molar-refractivity contribution in [3.8, 4) is 0 Å². The van der Waals surface area contributed by atoms with Crippen molar-refractivity contribution in [2.24, 2.45) is 0 Å². The molecule has 0 fully saturated rings. The van der Waals surface area contributed by atoms with Gasteiger partial charge in [-0.1, -0.05) is 88.5 Å². The number of rotatable bonds is 15. The van der Waals surface area contributed by atoms with Gasteiger partial charge in [-0.2, -0.15) is 0 Å². The highest BCUT2D eigenvalue weighted by Crippen LogP contribution is 2.19. The number of hydrogen-bond donors (Lipinski definition) is 0. The number of ketones is 1. The molecule has 0 aliphatic rings. The smallest absolute Gasteiger partial charge is 0.211 e. The van der Waals surface area contributed by atoms with Gasteiger partial charge in [0.05, 0.1) is 5.52 Å². The molecule has 0 aliphatic heterocycles. The fourth-order valence-electron chi connectivity index (χ4n) is 3.51. The molecule has 0 saturated heterocycles. The van der Waals surface area contributed by atoms with E-state index in [4.69, 9.17) is 4.74 Å². The third kappa shape index (κ3) is 7.06. The monoisotopic (exact) mass is 373 g/mol. The molecule has 1 aromatic heterocycles. The first-order valence-electron chi connectivity index (χ1n) is 10.6. The molecular weight excluding hydrogens is 338 g/mol. The zero-order chi connectivity index (χ0) is 19.3. The highest BCUT2D eigenvalue weighted by Gasteiger charge is 2.22. The fourth-order valence-corrected chi connectivity index (χ4v) is 3.51. The second-order valence-corrected chi connectivity index (χ2v) is 7.36. The molecule has 0 bridgehead atoms. The Labute approximate surface area is 163 Å². The van der Waals surface area contributed by atoms with Crippen LogP contribution in [-0.2, 0) is 9.53 Å². The number of hydrogen-bond acceptors (Lipinski definition) is 4. The van der Waals surface area contributed by atoms with Gasteiger partial charge in [0.15, 0.2) is 5.78 Å². The first-order valence-corrected chi connectivity index (χ1v) is 10.6. The van der Waals surface area contributed by atoms with E-state index >= 15 is 0 Å². The summed E-state index contributed by atoms with van der Waals surface area (Å²) in [4.78, 5) is 12.6. The van der Waals surface area contributed by atoms with Crippen LogP contribution in [0.5, 0.6) is 0 Å². The van der Waals surface area contributed by atoms with E-state index in [0.29, 0.717) is 6.42 Å². The summed E-state index contributed by atoms with van der Waals surface area (Å²) in [6.45, 7) is 2.26. The van der Waals surface area contributed by atoms with Gasteiger partial charge < -0.3 is 4.74 Å². The molecule has 0 amide bonds. The van der Waals surface area contributed by atoms with Crippen LogP contribution < -0.4 is 0 Å². The molecule has 2 aromatic rings. The van der Waals surface area contributed by atoms with Crippen molar-refractivity contribution in [2.45, 2.75) is 90.2 Å². The van der Waals surface area contributed by atoms with Crippen LogP contribution in [0.25, 0.3) is 11.0 Å². The zero-order valence-electron chi connectivity index (χ0n) is 17.0. The van der Waals surface area contributed by atoms with Gasteiger partial charge in [-0.25, -0.2) is 4.68 Å². The molecule has 2 rings (SSSR count). The summed E-state index contributed by atoms with van der Waals surface area (Å²) in [6.07, 6.45) is 13.9. The largest absolute Gasteiger partial charge is 0.353 e. The summed E-state index contributed by atoms with van der Waals surface area (Å²) in [7, 11) is 1.56. The molecule has 0 aliphatic carbocycles. The molecule has 0 N–H and O–H groups in total. The minimum Gasteiger partial charge on any atom is -0.353 e. The first kappa shape index (κ1) is 21.5. The van der Waals surface area contributed by atoms with Gasteiger partial charge in [0.1, 0.15) is 5.52 Å². The van der Waals surface area contributed by atoms with Crippen LogP contribution in [0.1, 0.15) is 90.2 Å². The Kier molecular flexibility index (Phi) is 10.1. The van der Waals surface area contributed by atoms with E-state index in [2.05, 4.69) is 17.2 Å². The van der Waals surface area contributed by atoms with Gasteiger partial charge >= 0.3 is 0 Å². The van der Waals surface area contributed by atoms with Crippen LogP contribution in [0.3, 0.4) is 0 Å². The quantitative estimate of drug-likeness (QED) is 0.368. The average Bonchev–Trinajstić information content (AvgIpc) is 3.11. The number of carbonyl (C=O) groups excluding carboxylic acids is 1. The maximum absolute atomic E-state index is 12.6. The molecular formula is C22H35N3O2. The Hall–Kier alpha value is -1.75. The van der Waals surface area contributed by atoms with Crippen LogP contribution in [-0.4, -0.2) is 27.9 Å². The number of carbonyl (C=O) groups is 1. The predicted molar refractivity (Wildman–Crippen MR) is 110 cm³/mol. The third-order valence-corrected chi connectivity index (χ3v) is 5.12. The van der Waals surface area contributed by atoms with Crippen LogP contribution in [0, 0.1) is 0 Å². The standard InChI is InChI=1S/C22H35N3O2/c1-3-4-5-6-7-8-9-10-11-12-13-18-21(26)22(27-2)25-20-17-15-14-16-19(20)23-24-25/h14-17,22H,3-13,18H2,1-2H3. The van der Waals surface area contributed by atoms with Crippen LogP contribution in [0.15, 0.2) is 24.3 Å². The lowest BCUT2D eigenvalue weighted by molar-refractivity contribution is -0.134. The summed E-state index contributed by atoms with van der Waals surface area (Å²) in [5.74, 6) is 0.0732.